The minimum Gasteiger partial charge on any atom is -0.366 e. The van der Waals surface area contributed by atoms with Crippen LogP contribution in [-0.4, -0.2) is 54.0 Å². The van der Waals surface area contributed by atoms with Gasteiger partial charge in [0.05, 0.1) is 10.5 Å². The molecule has 2 atom stereocenters. The Kier molecular flexibility index (Phi) is 5.85. The maximum atomic E-state index is 12.9. The van der Waals surface area contributed by atoms with Crippen LogP contribution in [0.25, 0.3) is 0 Å². The zero-order chi connectivity index (χ0) is 22.3. The highest BCUT2D eigenvalue weighted by atomic mass is 19.4. The Bertz CT molecular complexity index is 851. The number of hydrogen-bond acceptors (Lipinski definition) is 5. The second-order valence-corrected chi connectivity index (χ2v) is 9.00. The van der Waals surface area contributed by atoms with Gasteiger partial charge in [-0.3, -0.25) is 19.8 Å². The Morgan fingerprint density at radius 2 is 1.84 bits per heavy atom. The van der Waals surface area contributed by atoms with E-state index in [1.807, 2.05) is 0 Å². The molecule has 3 aliphatic rings. The molecule has 0 spiro atoms. The van der Waals surface area contributed by atoms with Gasteiger partial charge in [-0.25, -0.2) is 0 Å². The summed E-state index contributed by atoms with van der Waals surface area (Å²) >= 11 is 0. The van der Waals surface area contributed by atoms with Crippen LogP contribution < -0.4 is 10.2 Å². The second-order valence-electron chi connectivity index (χ2n) is 9.00. The first-order valence-electron chi connectivity index (χ1n) is 10.8. The number of amides is 1. The minimum absolute atomic E-state index is 0.0102. The van der Waals surface area contributed by atoms with Crippen LogP contribution in [0.2, 0.25) is 0 Å². The number of anilines is 1. The Balaban J connectivity index is 1.36. The lowest BCUT2D eigenvalue weighted by Gasteiger charge is -2.33. The summed E-state index contributed by atoms with van der Waals surface area (Å²) in [6.07, 6.45) is -1.14. The minimum atomic E-state index is -4.64. The third-order valence-corrected chi connectivity index (χ3v) is 6.74. The van der Waals surface area contributed by atoms with Gasteiger partial charge >= 0.3 is 6.18 Å². The van der Waals surface area contributed by atoms with E-state index in [1.54, 1.807) is 4.90 Å². The number of nitrogens with zero attached hydrogens (tertiary/aromatic N) is 3. The molecule has 0 radical (unpaired) electrons. The monoisotopic (exact) mass is 440 g/mol. The average Bonchev–Trinajstić information content (AvgIpc) is 3.51. The summed E-state index contributed by atoms with van der Waals surface area (Å²) in [6.45, 7) is 4.82. The molecule has 1 aliphatic carbocycles. The van der Waals surface area contributed by atoms with Gasteiger partial charge in [-0.1, -0.05) is 6.92 Å². The van der Waals surface area contributed by atoms with E-state index in [1.165, 1.54) is 12.8 Å². The van der Waals surface area contributed by atoms with Crippen molar-refractivity contribution in [1.82, 2.24) is 10.2 Å². The van der Waals surface area contributed by atoms with Crippen LogP contribution in [0, 0.1) is 22.0 Å². The maximum absolute atomic E-state index is 12.9. The largest absolute Gasteiger partial charge is 0.416 e. The van der Waals surface area contributed by atoms with Gasteiger partial charge in [-0.05, 0) is 43.7 Å². The molecule has 1 N–H and O–H groups in total. The fraction of sp³-hybridized carbons (Fsp3) is 0.667. The standard InChI is InChI=1S/C21H27F3N4O3/c1-13-11-27(16-3-4-16)12-17(13)25-20(29)14-6-8-26(9-7-14)18-5-2-15(21(22,23)24)10-19(18)28(30)31/h2,5,10,13-14,16-17H,3-4,6-9,11-12H2,1H3,(H,25,29)/t13-,17-/m0/s1. The second kappa shape index (κ2) is 8.29. The summed E-state index contributed by atoms with van der Waals surface area (Å²) in [4.78, 5) is 27.5. The first kappa shape index (κ1) is 21.9. The highest BCUT2D eigenvalue weighted by Gasteiger charge is 2.40. The van der Waals surface area contributed by atoms with E-state index in [0.717, 1.165) is 25.2 Å². The summed E-state index contributed by atoms with van der Waals surface area (Å²) in [5, 5.41) is 14.5. The molecule has 0 unspecified atom stereocenters. The predicted octanol–water partition coefficient (Wildman–Crippen LogP) is 3.43. The van der Waals surface area contributed by atoms with Gasteiger partial charge in [0.1, 0.15) is 5.69 Å². The quantitative estimate of drug-likeness (QED) is 0.561. The van der Waals surface area contributed by atoms with Crippen molar-refractivity contribution >= 4 is 17.3 Å². The van der Waals surface area contributed by atoms with E-state index in [9.17, 15) is 28.1 Å². The zero-order valence-corrected chi connectivity index (χ0v) is 17.4. The molecule has 7 nitrogen and oxygen atoms in total. The van der Waals surface area contributed by atoms with E-state index in [4.69, 9.17) is 0 Å². The number of halogens is 3. The summed E-state index contributed by atoms with van der Waals surface area (Å²) in [6, 6.07) is 3.43. The molecule has 31 heavy (non-hydrogen) atoms. The number of carbonyl (C=O) groups excluding carboxylic acids is 1. The first-order chi connectivity index (χ1) is 14.6. The Labute approximate surface area is 178 Å². The van der Waals surface area contributed by atoms with E-state index in [2.05, 4.69) is 17.1 Å². The topological polar surface area (TPSA) is 78.7 Å². The average molecular weight is 440 g/mol. The van der Waals surface area contributed by atoms with Crippen LogP contribution >= 0.6 is 0 Å². The van der Waals surface area contributed by atoms with Crippen molar-refractivity contribution in [2.45, 2.75) is 50.9 Å². The lowest BCUT2D eigenvalue weighted by atomic mass is 9.94. The van der Waals surface area contributed by atoms with Crippen molar-refractivity contribution in [2.75, 3.05) is 31.1 Å². The Morgan fingerprint density at radius 3 is 2.42 bits per heavy atom. The molecule has 1 aromatic rings. The predicted molar refractivity (Wildman–Crippen MR) is 109 cm³/mol. The number of rotatable bonds is 5. The molecular weight excluding hydrogens is 413 g/mol. The number of nitro benzene ring substituents is 1. The van der Waals surface area contributed by atoms with Crippen LogP contribution in [0.4, 0.5) is 24.5 Å². The number of piperidine rings is 1. The number of alkyl halides is 3. The molecule has 10 heteroatoms. The number of carbonyl (C=O) groups is 1. The molecule has 2 aliphatic heterocycles. The van der Waals surface area contributed by atoms with Crippen molar-refractivity contribution in [3.05, 3.63) is 33.9 Å². The number of likely N-dealkylation sites (tertiary alicyclic amines) is 1. The van der Waals surface area contributed by atoms with Crippen molar-refractivity contribution in [1.29, 1.82) is 0 Å². The van der Waals surface area contributed by atoms with Crippen molar-refractivity contribution in [2.24, 2.45) is 11.8 Å². The van der Waals surface area contributed by atoms with Gasteiger partial charge in [-0.2, -0.15) is 13.2 Å². The first-order valence-corrected chi connectivity index (χ1v) is 10.8. The number of benzene rings is 1. The molecule has 4 rings (SSSR count). The highest BCUT2D eigenvalue weighted by Crippen LogP contribution is 2.38. The van der Waals surface area contributed by atoms with Gasteiger partial charge in [0.15, 0.2) is 0 Å². The van der Waals surface area contributed by atoms with Crippen molar-refractivity contribution in [3.8, 4) is 0 Å². The Morgan fingerprint density at radius 1 is 1.16 bits per heavy atom. The third-order valence-electron chi connectivity index (χ3n) is 6.74. The van der Waals surface area contributed by atoms with Gasteiger partial charge < -0.3 is 10.2 Å². The van der Waals surface area contributed by atoms with E-state index >= 15 is 0 Å². The zero-order valence-electron chi connectivity index (χ0n) is 17.4. The SMILES string of the molecule is C[C@H]1CN(C2CC2)C[C@@H]1NC(=O)C1CCN(c2ccc(C(F)(F)F)cc2[N+](=O)[O-])CC1. The molecule has 170 valence electrons. The molecular formula is C21H27F3N4O3. The molecule has 3 fully saturated rings. The molecule has 1 aromatic carbocycles. The molecule has 0 aromatic heterocycles. The fourth-order valence-electron chi connectivity index (χ4n) is 4.73. The maximum Gasteiger partial charge on any atom is 0.416 e. The lowest BCUT2D eigenvalue weighted by molar-refractivity contribution is -0.384. The summed E-state index contributed by atoms with van der Waals surface area (Å²) in [5.41, 5.74) is -1.43. The van der Waals surface area contributed by atoms with Crippen LogP contribution in [0.1, 0.15) is 38.2 Å². The van der Waals surface area contributed by atoms with Gasteiger partial charge in [0.25, 0.3) is 5.69 Å². The fourth-order valence-corrected chi connectivity index (χ4v) is 4.73. The van der Waals surface area contributed by atoms with Crippen LogP contribution in [0.15, 0.2) is 18.2 Å². The van der Waals surface area contributed by atoms with Gasteiger partial charge in [-0.15, -0.1) is 0 Å². The van der Waals surface area contributed by atoms with E-state index in [-0.39, 0.29) is 23.6 Å². The normalized spacial score (nSPS) is 25.6. The molecule has 2 saturated heterocycles. The van der Waals surface area contributed by atoms with Gasteiger partial charge in [0.2, 0.25) is 5.91 Å². The lowest BCUT2D eigenvalue weighted by Crippen LogP contribution is -2.46. The van der Waals surface area contributed by atoms with E-state index < -0.39 is 22.4 Å². The molecule has 0 bridgehead atoms. The van der Waals surface area contributed by atoms with Crippen molar-refractivity contribution in [3.63, 3.8) is 0 Å². The van der Waals surface area contributed by atoms with Crippen LogP contribution in [0.5, 0.6) is 0 Å². The van der Waals surface area contributed by atoms with Crippen molar-refractivity contribution < 1.29 is 22.9 Å². The smallest absolute Gasteiger partial charge is 0.366 e. The Hall–Kier alpha value is -2.36. The van der Waals surface area contributed by atoms with E-state index in [0.29, 0.717) is 44.0 Å². The number of nitrogens with one attached hydrogen (secondary N) is 1. The number of hydrogen-bond donors (Lipinski definition) is 1. The molecule has 1 saturated carbocycles. The summed E-state index contributed by atoms with van der Waals surface area (Å²) < 4.78 is 38.8. The van der Waals surface area contributed by atoms with Crippen LogP contribution in [0.3, 0.4) is 0 Å². The summed E-state index contributed by atoms with van der Waals surface area (Å²) in [5.74, 6) is 0.224. The van der Waals surface area contributed by atoms with Gasteiger partial charge in [0, 0.05) is 50.2 Å². The third kappa shape index (κ3) is 4.78. The van der Waals surface area contributed by atoms with Crippen LogP contribution in [-0.2, 0) is 11.0 Å². The number of nitro groups is 1. The molecule has 2 heterocycles. The summed E-state index contributed by atoms with van der Waals surface area (Å²) in [7, 11) is 0. The molecule has 1 amide bonds. The highest BCUT2D eigenvalue weighted by molar-refractivity contribution is 5.79.